The van der Waals surface area contributed by atoms with Crippen LogP contribution in [0.15, 0.2) is 27.6 Å². The molecule has 0 aliphatic rings. The number of halogens is 3. The molecule has 0 radical (unpaired) electrons. The smallest absolute Gasteiger partial charge is 0.295 e. The third-order valence-corrected chi connectivity index (χ3v) is 3.92. The van der Waals surface area contributed by atoms with Crippen molar-refractivity contribution in [3.8, 4) is 0 Å². The highest BCUT2D eigenvalue weighted by atomic mass is 79.9. The first-order valence-electron chi connectivity index (χ1n) is 4.82. The van der Waals surface area contributed by atoms with E-state index in [4.69, 9.17) is 5.11 Å². The van der Waals surface area contributed by atoms with E-state index in [1.165, 1.54) is 12.1 Å². The van der Waals surface area contributed by atoms with Crippen LogP contribution in [0.5, 0.6) is 0 Å². The molecule has 1 aromatic carbocycles. The number of aliphatic hydroxyl groups excluding tert-OH is 1. The molecule has 1 nitrogen and oxygen atoms in total. The quantitative estimate of drug-likeness (QED) is 0.847. The van der Waals surface area contributed by atoms with Gasteiger partial charge in [-0.1, -0.05) is 19.9 Å². The molecule has 0 fully saturated rings. The minimum Gasteiger partial charge on any atom is -0.390 e. The Morgan fingerprint density at radius 2 is 2.06 bits per heavy atom. The van der Waals surface area contributed by atoms with Crippen molar-refractivity contribution in [2.24, 2.45) is 0 Å². The average molecular weight is 311 g/mol. The highest BCUT2D eigenvalue weighted by molar-refractivity contribution is 9.10. The molecular weight excluding hydrogens is 298 g/mol. The zero-order chi connectivity index (χ0) is 12.3. The summed E-state index contributed by atoms with van der Waals surface area (Å²) in [6.45, 7) is 2.90. The van der Waals surface area contributed by atoms with Crippen molar-refractivity contribution < 1.29 is 13.9 Å². The number of hydrogen-bond acceptors (Lipinski definition) is 2. The second-order valence-electron chi connectivity index (χ2n) is 3.67. The van der Waals surface area contributed by atoms with Crippen LogP contribution in [0.25, 0.3) is 0 Å². The molecule has 0 aliphatic carbocycles. The van der Waals surface area contributed by atoms with Gasteiger partial charge in [0.2, 0.25) is 0 Å². The molecule has 0 amide bonds. The number of thioether (sulfide) groups is 1. The van der Waals surface area contributed by atoms with Crippen molar-refractivity contribution in [2.45, 2.75) is 29.9 Å². The van der Waals surface area contributed by atoms with Crippen molar-refractivity contribution in [2.75, 3.05) is 6.61 Å². The molecule has 1 aromatic rings. The van der Waals surface area contributed by atoms with Crippen molar-refractivity contribution in [1.82, 2.24) is 0 Å². The fourth-order valence-corrected chi connectivity index (χ4v) is 2.65. The Kier molecular flexibility index (Phi) is 4.76. The fraction of sp³-hybridized carbons (Fsp3) is 0.455. The Morgan fingerprint density at radius 1 is 1.44 bits per heavy atom. The lowest BCUT2D eigenvalue weighted by atomic mass is 10.1. The van der Waals surface area contributed by atoms with Crippen LogP contribution in [0.2, 0.25) is 0 Å². The van der Waals surface area contributed by atoms with Gasteiger partial charge in [0.15, 0.2) is 0 Å². The lowest BCUT2D eigenvalue weighted by Gasteiger charge is -2.15. The fourth-order valence-electron chi connectivity index (χ4n) is 1.17. The Hall–Kier alpha value is -0.130. The Balaban J connectivity index is 2.99. The minimum atomic E-state index is -3.18. The molecule has 0 bridgehead atoms. The van der Waals surface area contributed by atoms with Gasteiger partial charge in [0, 0.05) is 20.2 Å². The Morgan fingerprint density at radius 3 is 2.50 bits per heavy atom. The molecule has 0 saturated carbocycles. The molecule has 90 valence electrons. The van der Waals surface area contributed by atoms with Gasteiger partial charge in [-0.2, -0.15) is 8.78 Å². The van der Waals surface area contributed by atoms with E-state index in [0.717, 1.165) is 4.90 Å². The van der Waals surface area contributed by atoms with Crippen LogP contribution < -0.4 is 0 Å². The molecule has 1 rings (SSSR count). The molecule has 16 heavy (non-hydrogen) atoms. The zero-order valence-corrected chi connectivity index (χ0v) is 11.4. The SMILES string of the molecule is CC(C)Sc1ccc(C(F)(F)CO)cc1Br. The summed E-state index contributed by atoms with van der Waals surface area (Å²) in [6.07, 6.45) is 0. The molecule has 0 spiro atoms. The lowest BCUT2D eigenvalue weighted by molar-refractivity contribution is -0.0557. The first-order valence-corrected chi connectivity index (χ1v) is 6.49. The monoisotopic (exact) mass is 310 g/mol. The molecule has 5 heteroatoms. The van der Waals surface area contributed by atoms with Crippen LogP contribution in [-0.2, 0) is 5.92 Å². The van der Waals surface area contributed by atoms with Crippen molar-refractivity contribution in [3.05, 3.63) is 28.2 Å². The van der Waals surface area contributed by atoms with Crippen LogP contribution >= 0.6 is 27.7 Å². The highest BCUT2D eigenvalue weighted by Gasteiger charge is 2.30. The maximum absolute atomic E-state index is 13.2. The first-order chi connectivity index (χ1) is 7.36. The summed E-state index contributed by atoms with van der Waals surface area (Å²) in [5.74, 6) is -3.18. The van der Waals surface area contributed by atoms with Gasteiger partial charge in [0.1, 0.15) is 6.61 Å². The molecule has 0 heterocycles. The standard InChI is InChI=1S/C11H13BrF2OS/c1-7(2)16-10-4-3-8(5-9(10)12)11(13,14)6-15/h3-5,7,15H,6H2,1-2H3. The number of alkyl halides is 2. The van der Waals surface area contributed by atoms with E-state index in [0.29, 0.717) is 9.72 Å². The number of hydrogen-bond donors (Lipinski definition) is 1. The van der Waals surface area contributed by atoms with Crippen LogP contribution in [0.3, 0.4) is 0 Å². The Bertz CT molecular complexity index is 369. The van der Waals surface area contributed by atoms with E-state index in [1.54, 1.807) is 17.8 Å². The van der Waals surface area contributed by atoms with Gasteiger partial charge in [-0.05, 0) is 28.1 Å². The number of benzene rings is 1. The van der Waals surface area contributed by atoms with Crippen LogP contribution in [0, 0.1) is 0 Å². The second kappa shape index (κ2) is 5.47. The van der Waals surface area contributed by atoms with Crippen LogP contribution in [0.1, 0.15) is 19.4 Å². The normalized spacial score (nSPS) is 12.2. The largest absolute Gasteiger partial charge is 0.390 e. The summed E-state index contributed by atoms with van der Waals surface area (Å²) >= 11 is 4.86. The van der Waals surface area contributed by atoms with E-state index in [9.17, 15) is 8.78 Å². The Labute approximate surface area is 106 Å². The molecule has 0 atom stereocenters. The highest BCUT2D eigenvalue weighted by Crippen LogP contribution is 2.35. The summed E-state index contributed by atoms with van der Waals surface area (Å²) in [6, 6.07) is 4.36. The predicted octanol–water partition coefficient (Wildman–Crippen LogP) is 4.03. The second-order valence-corrected chi connectivity index (χ2v) is 6.15. The van der Waals surface area contributed by atoms with Crippen molar-refractivity contribution >= 4 is 27.7 Å². The van der Waals surface area contributed by atoms with Crippen molar-refractivity contribution in [3.63, 3.8) is 0 Å². The van der Waals surface area contributed by atoms with Gasteiger partial charge in [0.05, 0.1) is 0 Å². The summed E-state index contributed by atoms with van der Waals surface area (Å²) in [4.78, 5) is 0.924. The predicted molar refractivity (Wildman–Crippen MR) is 66.1 cm³/mol. The first kappa shape index (κ1) is 13.9. The molecule has 0 unspecified atom stereocenters. The maximum Gasteiger partial charge on any atom is 0.295 e. The summed E-state index contributed by atoms with van der Waals surface area (Å²) < 4.78 is 27.0. The van der Waals surface area contributed by atoms with Gasteiger partial charge in [-0.3, -0.25) is 0 Å². The van der Waals surface area contributed by atoms with E-state index in [1.807, 2.05) is 13.8 Å². The van der Waals surface area contributed by atoms with E-state index < -0.39 is 12.5 Å². The van der Waals surface area contributed by atoms with E-state index in [-0.39, 0.29) is 5.56 Å². The van der Waals surface area contributed by atoms with Gasteiger partial charge < -0.3 is 5.11 Å². The van der Waals surface area contributed by atoms with E-state index >= 15 is 0 Å². The summed E-state index contributed by atoms with van der Waals surface area (Å²) in [5.41, 5.74) is -0.171. The maximum atomic E-state index is 13.2. The van der Waals surface area contributed by atoms with Gasteiger partial charge in [-0.15, -0.1) is 11.8 Å². The lowest BCUT2D eigenvalue weighted by Crippen LogP contribution is -2.18. The third-order valence-electron chi connectivity index (χ3n) is 1.92. The number of rotatable bonds is 4. The molecule has 0 saturated heterocycles. The minimum absolute atomic E-state index is 0.171. The van der Waals surface area contributed by atoms with Crippen LogP contribution in [-0.4, -0.2) is 17.0 Å². The van der Waals surface area contributed by atoms with E-state index in [2.05, 4.69) is 15.9 Å². The zero-order valence-electron chi connectivity index (χ0n) is 9.01. The number of aliphatic hydroxyl groups is 1. The topological polar surface area (TPSA) is 20.2 Å². The van der Waals surface area contributed by atoms with Crippen molar-refractivity contribution in [1.29, 1.82) is 0 Å². The van der Waals surface area contributed by atoms with Gasteiger partial charge in [-0.25, -0.2) is 0 Å². The average Bonchev–Trinajstić information content (AvgIpc) is 2.20. The molecule has 0 aromatic heterocycles. The summed E-state index contributed by atoms with van der Waals surface area (Å²) in [5, 5.41) is 8.97. The third kappa shape index (κ3) is 3.43. The van der Waals surface area contributed by atoms with Crippen LogP contribution in [0.4, 0.5) is 8.78 Å². The van der Waals surface area contributed by atoms with Gasteiger partial charge in [0.25, 0.3) is 5.92 Å². The summed E-state index contributed by atoms with van der Waals surface area (Å²) in [7, 11) is 0. The molecule has 0 aliphatic heterocycles. The molecule has 1 N–H and O–H groups in total. The molecular formula is C11H13BrF2OS. The van der Waals surface area contributed by atoms with Gasteiger partial charge >= 0.3 is 0 Å².